The zero-order chi connectivity index (χ0) is 111. The molecule has 0 spiro atoms. The van der Waals surface area contributed by atoms with E-state index in [-0.39, 0.29) is 139 Å². The number of likely N-dealkylation sites (tertiary alicyclic amines) is 2. The number of rotatable bonds is 65. The van der Waals surface area contributed by atoms with Crippen LogP contribution in [0.15, 0.2) is 54.6 Å². The number of phenols is 1. The van der Waals surface area contributed by atoms with E-state index in [1.807, 2.05) is 0 Å². The van der Waals surface area contributed by atoms with Gasteiger partial charge in [-0.3, -0.25) is 112 Å². The Balaban J connectivity index is 1.40. The van der Waals surface area contributed by atoms with Gasteiger partial charge in [-0.2, -0.15) is 0 Å². The number of phenolic OH excluding ortho intramolecular Hbond substituents is 1. The van der Waals surface area contributed by atoms with Crippen molar-refractivity contribution >= 4 is 136 Å². The van der Waals surface area contributed by atoms with Gasteiger partial charge in [-0.05, 0) is 162 Å². The fourth-order valence-corrected chi connectivity index (χ4v) is 16.1. The minimum absolute atomic E-state index is 0.0142. The predicted octanol–water partition coefficient (Wildman–Crippen LogP) is -5.98. The van der Waals surface area contributed by atoms with Crippen molar-refractivity contribution in [2.24, 2.45) is 64.2 Å². The van der Waals surface area contributed by atoms with Crippen molar-refractivity contribution in [3.63, 3.8) is 0 Å². The summed E-state index contributed by atoms with van der Waals surface area (Å²) in [6.07, 6.45) is 1.45. The SMILES string of the molecule is CC[C@H](C)[C@H](NC(=O)[C@H](CCC(N)=O)NC(=O)CNC(=O)CNC(=O)[C@H](C)NC(=O)[C@@H]1CCCN1C(=O)[C@H](Cc1ccccc1)NC(=O)[C@H](CCCCN)NC(=O)[C@@H](N)C(C)C)C(=O)N[C@@H](CC(C)C)C(=O)NCC(=O)NCC(=O)N[C@H](C(=O)N[C@@H](Cc1ccc(O)cc1)C(=O)N[C@@H](CC(C)C)C(=O)N[C@H](C(=O)N1CCC[C@H]1C(=O)N[C@@H](CCCNC(=N)N)C(=O)N[C@@H](CCCNC(=N)N)C(=O)NCC(=O)O)C(C)C)C(C)C. The molecule has 2 aliphatic heterocycles. The Morgan fingerprint density at radius 2 is 0.791 bits per heavy atom. The van der Waals surface area contributed by atoms with Gasteiger partial charge in [0.2, 0.25) is 118 Å². The van der Waals surface area contributed by atoms with Crippen molar-refractivity contribution in [1.29, 1.82) is 10.8 Å². The first-order valence-corrected chi connectivity index (χ1v) is 50.3. The molecule has 0 radical (unpaired) electrons. The highest BCUT2D eigenvalue weighted by molar-refractivity contribution is 6.02. The van der Waals surface area contributed by atoms with Crippen LogP contribution in [0.1, 0.15) is 204 Å². The third-order valence-corrected chi connectivity index (χ3v) is 24.6. The van der Waals surface area contributed by atoms with Gasteiger partial charge in [0.1, 0.15) is 96.9 Å². The lowest BCUT2D eigenvalue weighted by molar-refractivity contribution is -0.143. The molecule has 824 valence electrons. The molecule has 2 fully saturated rings. The van der Waals surface area contributed by atoms with E-state index in [1.54, 1.807) is 113 Å². The number of hydrogen-bond acceptors (Lipinski definition) is 26. The second-order valence-electron chi connectivity index (χ2n) is 39.0. The van der Waals surface area contributed by atoms with Crippen LogP contribution in [0.5, 0.6) is 5.75 Å². The Hall–Kier alpha value is -14.4. The second kappa shape index (κ2) is 64.5. The summed E-state index contributed by atoms with van der Waals surface area (Å²) in [5.41, 5.74) is 29.3. The lowest BCUT2D eigenvalue weighted by Gasteiger charge is -2.33. The van der Waals surface area contributed by atoms with Crippen LogP contribution in [-0.4, -0.2) is 312 Å². The molecule has 51 nitrogen and oxygen atoms in total. The first-order chi connectivity index (χ1) is 69.7. The Bertz CT molecular complexity index is 4860. The number of nitrogens with one attached hydrogen (secondary N) is 21. The number of carboxylic acids is 1. The van der Waals surface area contributed by atoms with E-state index >= 15 is 0 Å². The van der Waals surface area contributed by atoms with E-state index in [9.17, 15) is 111 Å². The molecule has 2 heterocycles. The van der Waals surface area contributed by atoms with Gasteiger partial charge in [0.25, 0.3) is 0 Å². The molecule has 16 atom stereocenters. The lowest BCUT2D eigenvalue weighted by atomic mass is 9.96. The van der Waals surface area contributed by atoms with E-state index in [2.05, 4.69) is 101 Å². The first kappa shape index (κ1) is 126. The summed E-state index contributed by atoms with van der Waals surface area (Å²) in [6, 6.07) is -5.04. The number of aliphatic carboxylic acids is 1. The Morgan fingerprint density at radius 1 is 0.385 bits per heavy atom. The maximum Gasteiger partial charge on any atom is 0.322 e. The minimum atomic E-state index is -1.56. The number of nitrogens with zero attached hydrogens (tertiary/aromatic N) is 2. The summed E-state index contributed by atoms with van der Waals surface area (Å²) in [5, 5.41) is 83.1. The van der Waals surface area contributed by atoms with Crippen LogP contribution < -0.4 is 130 Å². The normalized spacial score (nSPS) is 16.1. The van der Waals surface area contributed by atoms with Crippen molar-refractivity contribution < 1.29 is 111 Å². The smallest absolute Gasteiger partial charge is 0.322 e. The average Bonchev–Trinajstić information content (AvgIpc) is 1.65. The number of hydrogen-bond donors (Lipinski definition) is 28. The van der Waals surface area contributed by atoms with Crippen LogP contribution in [-0.2, 0) is 114 Å². The molecule has 2 saturated heterocycles. The number of primary amides is 1. The third kappa shape index (κ3) is 45.3. The molecule has 2 aromatic carbocycles. The summed E-state index contributed by atoms with van der Waals surface area (Å²) in [6.45, 7) is 18.4. The highest BCUT2D eigenvalue weighted by Gasteiger charge is 2.45. The highest BCUT2D eigenvalue weighted by Crippen LogP contribution is 2.25. The van der Waals surface area contributed by atoms with Crippen LogP contribution in [0.25, 0.3) is 0 Å². The van der Waals surface area contributed by atoms with Crippen LogP contribution >= 0.6 is 0 Å². The molecule has 148 heavy (non-hydrogen) atoms. The molecule has 33 N–H and O–H groups in total. The third-order valence-electron chi connectivity index (χ3n) is 24.6. The summed E-state index contributed by atoms with van der Waals surface area (Å²) in [4.78, 5) is 292. The van der Waals surface area contributed by atoms with Gasteiger partial charge in [0, 0.05) is 45.4 Å². The number of unbranched alkanes of at least 4 members (excludes halogenated alkanes) is 1. The maximum absolute atomic E-state index is 14.8. The van der Waals surface area contributed by atoms with Gasteiger partial charge in [-0.15, -0.1) is 0 Å². The van der Waals surface area contributed by atoms with Crippen molar-refractivity contribution in [1.82, 2.24) is 111 Å². The van der Waals surface area contributed by atoms with Crippen LogP contribution in [0.3, 0.4) is 0 Å². The monoisotopic (exact) mass is 2080 g/mol. The van der Waals surface area contributed by atoms with E-state index in [1.165, 1.54) is 41.0 Å². The van der Waals surface area contributed by atoms with E-state index < -0.39 is 278 Å². The predicted molar refractivity (Wildman–Crippen MR) is 543 cm³/mol. The highest BCUT2D eigenvalue weighted by atomic mass is 16.4. The Morgan fingerprint density at radius 3 is 1.30 bits per heavy atom. The summed E-state index contributed by atoms with van der Waals surface area (Å²) < 4.78 is 0. The number of aromatic hydroxyl groups is 1. The first-order valence-electron chi connectivity index (χ1n) is 50.3. The topological polar surface area (TPSA) is 812 Å². The number of amides is 20. The summed E-state index contributed by atoms with van der Waals surface area (Å²) >= 11 is 0. The molecule has 2 aromatic rings. The Kier molecular flexibility index (Phi) is 54.9. The number of carbonyl (C=O) groups excluding carboxylic acids is 20. The van der Waals surface area contributed by atoms with Gasteiger partial charge in [-0.25, -0.2) is 0 Å². The summed E-state index contributed by atoms with van der Waals surface area (Å²) in [5.74, 6) is -21.6. The van der Waals surface area contributed by atoms with Gasteiger partial charge in [-0.1, -0.05) is 132 Å². The zero-order valence-electron chi connectivity index (χ0n) is 86.9. The number of benzene rings is 2. The fourth-order valence-electron chi connectivity index (χ4n) is 16.1. The second-order valence-corrected chi connectivity index (χ2v) is 39.0. The van der Waals surface area contributed by atoms with Crippen molar-refractivity contribution in [3.8, 4) is 5.75 Å². The van der Waals surface area contributed by atoms with Gasteiger partial charge < -0.3 is 150 Å². The summed E-state index contributed by atoms with van der Waals surface area (Å²) in [7, 11) is 0. The molecule has 2 aliphatic rings. The van der Waals surface area contributed by atoms with Crippen LogP contribution in [0.4, 0.5) is 0 Å². The molecular formula is C97H158N28O23. The fraction of sp³-hybridized carbons (Fsp3) is 0.639. The van der Waals surface area contributed by atoms with Gasteiger partial charge in [0.15, 0.2) is 11.9 Å². The maximum atomic E-state index is 14.8. The molecule has 0 aromatic heterocycles. The molecule has 0 unspecified atom stereocenters. The van der Waals surface area contributed by atoms with Gasteiger partial charge >= 0.3 is 5.97 Å². The zero-order valence-corrected chi connectivity index (χ0v) is 86.9. The molecule has 0 saturated carbocycles. The van der Waals surface area contributed by atoms with Crippen molar-refractivity contribution in [2.75, 3.05) is 65.4 Å². The van der Waals surface area contributed by atoms with Crippen LogP contribution in [0.2, 0.25) is 0 Å². The Labute approximate surface area is 862 Å². The minimum Gasteiger partial charge on any atom is -0.508 e. The largest absolute Gasteiger partial charge is 0.508 e. The quantitative estimate of drug-likeness (QED) is 0.0167. The van der Waals surface area contributed by atoms with E-state index in [4.69, 9.17) is 39.5 Å². The van der Waals surface area contributed by atoms with Crippen molar-refractivity contribution in [3.05, 3.63) is 65.7 Å². The van der Waals surface area contributed by atoms with E-state index in [0.717, 1.165) is 0 Å². The standard InChI is InChI=1S/C97H158N28O23/c1-14-56(12)80(123-86(139)64(35-36-71(99)127)113-74(130)48-107-72(128)46-109-81(134)57(13)112-89(142)69-29-22-40-124(69)94(147)68(45-58-24-16-15-17-25-58)120-85(138)62(26-18-19-37-98)116-91(144)77(100)53(6)7)93(146)118-65(42-51(2)3)83(136)110-47-73(129)108-49-75(131)121-78(54(8)9)92(145)119-67(44-59-31-33-60(126)34-32-59)87(140)117-66(43-52(4)5)88(141)122-79(55(10)11)95(148)125-41-23-30-70(125)90(143)115-63(28-21-39-106-97(103)104)84(137)114-61(27-20-38-105-96(101)102)82(135)111-50-76(132)133/h15-17,24-25,31-34,51-57,61-70,77-80,126H,14,18-23,26-30,35-50,98,100H2,1-13H3,(H2,99,127)(H,107,128)(H,108,129)(H,109,134)(H,110,136)(H,111,135)(H,112,142)(H,113,130)(H,114,137)(H,115,143)(H,116,144)(H,117,140)(H,118,146)(H,119,145)(H,120,138)(H,121,131)(H,122,141)(H,123,139)(H,132,133)(H4,101,102,105)(H4,103,104,106)/t56-,57-,61-,62-,63-,64-,65-,66-,67-,68-,69-,70-,77-,78-,79-,80-/m0/s1. The number of nitrogens with two attached hydrogens (primary N) is 5. The molecule has 0 bridgehead atoms. The lowest BCUT2D eigenvalue weighted by Crippen LogP contribution is -2.61. The van der Waals surface area contributed by atoms with Gasteiger partial charge in [0.05, 0.1) is 32.2 Å². The molecule has 20 amide bonds. The molecule has 0 aliphatic carbocycles. The molecule has 4 rings (SSSR count). The van der Waals surface area contributed by atoms with E-state index in [0.29, 0.717) is 43.4 Å². The van der Waals surface area contributed by atoms with Crippen molar-refractivity contribution in [2.45, 2.75) is 296 Å². The number of carbonyl (C=O) groups is 21. The van der Waals surface area contributed by atoms with Crippen LogP contribution in [0, 0.1) is 46.3 Å². The molecule has 51 heteroatoms. The molecular weight excluding hydrogens is 1930 g/mol. The average molecular weight is 2080 g/mol. The number of guanidine groups is 2. The number of carboxylic acid groups (broad SMARTS) is 1.